The van der Waals surface area contributed by atoms with Crippen LogP contribution in [0.3, 0.4) is 0 Å². The molecule has 0 aromatic heterocycles. The van der Waals surface area contributed by atoms with Crippen molar-refractivity contribution in [3.05, 3.63) is 42.0 Å². The van der Waals surface area contributed by atoms with Crippen molar-refractivity contribution in [3.8, 4) is 5.75 Å². The van der Waals surface area contributed by atoms with Crippen LogP contribution in [0.5, 0.6) is 5.75 Å². The minimum absolute atomic E-state index is 0.00848. The van der Waals surface area contributed by atoms with Crippen LogP contribution in [0.1, 0.15) is 71.8 Å². The fraction of sp³-hybridized carbons (Fsp3) is 0.758. The third-order valence-corrected chi connectivity index (χ3v) is 17.2. The van der Waals surface area contributed by atoms with Crippen LogP contribution in [0, 0.1) is 5.92 Å². The average Bonchev–Trinajstić information content (AvgIpc) is 2.91. The molecule has 0 saturated carbocycles. The Kier molecular flexibility index (Phi) is 11.7. The Bertz CT molecular complexity index is 1020. The fourth-order valence-corrected chi connectivity index (χ4v) is 10.5. The van der Waals surface area contributed by atoms with Gasteiger partial charge in [-0.15, -0.1) is 23.5 Å². The number of aliphatic hydroxyl groups is 1. The van der Waals surface area contributed by atoms with Crippen molar-refractivity contribution in [1.29, 1.82) is 0 Å². The molecule has 0 bridgehead atoms. The lowest BCUT2D eigenvalue weighted by molar-refractivity contribution is -0.331. The summed E-state index contributed by atoms with van der Waals surface area (Å²) in [6, 6.07) is 7.91. The molecule has 42 heavy (non-hydrogen) atoms. The molecule has 3 heterocycles. The highest BCUT2D eigenvalue weighted by Crippen LogP contribution is 2.57. The van der Waals surface area contributed by atoms with E-state index in [1.165, 1.54) is 12.0 Å². The highest BCUT2D eigenvalue weighted by molar-refractivity contribution is 8.18. The molecule has 4 rings (SSSR count). The summed E-state index contributed by atoms with van der Waals surface area (Å²) in [5, 5.41) is 11.2. The minimum atomic E-state index is -1.83. The van der Waals surface area contributed by atoms with Crippen molar-refractivity contribution in [2.45, 2.75) is 119 Å². The van der Waals surface area contributed by atoms with Gasteiger partial charge in [0.1, 0.15) is 5.75 Å². The molecule has 6 nitrogen and oxygen atoms in total. The fourth-order valence-electron chi connectivity index (χ4n) is 5.80. The number of hydrogen-bond donors (Lipinski definition) is 1. The van der Waals surface area contributed by atoms with E-state index in [0.717, 1.165) is 42.1 Å². The third-order valence-electron chi connectivity index (χ3n) is 9.36. The Labute approximate surface area is 264 Å². The highest BCUT2D eigenvalue weighted by Gasteiger charge is 2.55. The summed E-state index contributed by atoms with van der Waals surface area (Å²) >= 11 is 4.12. The van der Waals surface area contributed by atoms with Gasteiger partial charge >= 0.3 is 0 Å². The van der Waals surface area contributed by atoms with Crippen LogP contribution in [0.4, 0.5) is 0 Å². The Hall–Kier alpha value is -0.523. The van der Waals surface area contributed by atoms with E-state index in [-0.39, 0.29) is 27.2 Å². The summed E-state index contributed by atoms with van der Waals surface area (Å²) in [7, 11) is -0.160. The van der Waals surface area contributed by atoms with Gasteiger partial charge in [-0.3, -0.25) is 0 Å². The first-order chi connectivity index (χ1) is 19.7. The quantitative estimate of drug-likeness (QED) is 0.195. The van der Waals surface area contributed by atoms with Gasteiger partial charge < -0.3 is 28.5 Å². The van der Waals surface area contributed by atoms with Crippen LogP contribution < -0.4 is 4.74 Å². The normalized spacial score (nSPS) is 29.0. The van der Waals surface area contributed by atoms with E-state index in [2.05, 4.69) is 70.9 Å². The van der Waals surface area contributed by atoms with E-state index in [4.69, 9.17) is 23.4 Å². The molecule has 1 aromatic carbocycles. The molecule has 0 radical (unpaired) electrons. The number of benzene rings is 1. The predicted molar refractivity (Wildman–Crippen MR) is 178 cm³/mol. The number of ether oxygens (including phenoxy) is 4. The molecule has 5 atom stereocenters. The molecule has 9 heteroatoms. The van der Waals surface area contributed by atoms with Crippen molar-refractivity contribution in [2.24, 2.45) is 5.92 Å². The SMILES string of the molecule is C=C(C[C@H]1CC2(C[C@@]3(C[C@@H](O)C[C@H](COCc4ccc(OC)cc4)O3)O1)SCCCS2)[C@@H](C)CO[Si](C)(C)C(C)(C)C. The van der Waals surface area contributed by atoms with E-state index in [1.54, 1.807) is 7.11 Å². The zero-order chi connectivity index (χ0) is 30.6. The smallest absolute Gasteiger partial charge is 0.192 e. The number of hydrogen-bond acceptors (Lipinski definition) is 8. The molecule has 3 aliphatic heterocycles. The molecule has 3 saturated heterocycles. The molecule has 3 aliphatic rings. The van der Waals surface area contributed by atoms with Gasteiger partial charge in [-0.1, -0.05) is 52.0 Å². The molecule has 3 fully saturated rings. The summed E-state index contributed by atoms with van der Waals surface area (Å²) in [4.78, 5) is 0. The zero-order valence-corrected chi connectivity index (χ0v) is 29.5. The second-order valence-corrected chi connectivity index (χ2v) is 22.0. The molecule has 238 valence electrons. The number of methoxy groups -OCH3 is 1. The van der Waals surface area contributed by atoms with Crippen LogP contribution in [-0.2, 0) is 25.2 Å². The van der Waals surface area contributed by atoms with E-state index in [1.807, 2.05) is 24.3 Å². The second kappa shape index (κ2) is 14.3. The number of rotatable bonds is 11. The number of thioether (sulfide) groups is 2. The lowest BCUT2D eigenvalue weighted by Crippen LogP contribution is -2.58. The molecule has 0 aliphatic carbocycles. The van der Waals surface area contributed by atoms with E-state index in [0.29, 0.717) is 32.7 Å². The van der Waals surface area contributed by atoms with E-state index >= 15 is 0 Å². The topological polar surface area (TPSA) is 66.4 Å². The number of aliphatic hydroxyl groups excluding tert-OH is 1. The van der Waals surface area contributed by atoms with Gasteiger partial charge in [0.25, 0.3) is 0 Å². The molecule has 0 amide bonds. The molecule has 2 spiro atoms. The maximum atomic E-state index is 11.1. The summed E-state index contributed by atoms with van der Waals surface area (Å²) in [5.74, 6) is 2.58. The van der Waals surface area contributed by atoms with Crippen molar-refractivity contribution in [1.82, 2.24) is 0 Å². The van der Waals surface area contributed by atoms with Crippen LogP contribution in [-0.4, -0.2) is 73.4 Å². The molecular weight excluding hydrogens is 585 g/mol. The van der Waals surface area contributed by atoms with Crippen LogP contribution in [0.15, 0.2) is 36.4 Å². The standard InChI is InChI=1S/C33H54O6S2Si/c1-24(25(2)20-37-42(7,8)31(3,4)5)16-29-19-33(40-14-9-15-41-33)23-32(38-29)18-27(34)17-30(39-32)22-36-21-26-10-12-28(35-6)13-11-26/h10-13,25,27,29-30,34H,1,9,14-23H2,2-8H3/t25-,27-,29-,30+,32-/m0/s1. The monoisotopic (exact) mass is 638 g/mol. The Balaban J connectivity index is 1.40. The Morgan fingerprint density at radius 2 is 1.79 bits per heavy atom. The second-order valence-electron chi connectivity index (χ2n) is 14.0. The van der Waals surface area contributed by atoms with Gasteiger partial charge in [-0.2, -0.15) is 0 Å². The van der Waals surface area contributed by atoms with Crippen molar-refractivity contribution < 1.29 is 28.5 Å². The lowest BCUT2D eigenvalue weighted by atomic mass is 9.88. The van der Waals surface area contributed by atoms with Crippen LogP contribution in [0.2, 0.25) is 18.1 Å². The van der Waals surface area contributed by atoms with Gasteiger partial charge in [0.2, 0.25) is 0 Å². The van der Waals surface area contributed by atoms with Gasteiger partial charge in [0, 0.05) is 25.9 Å². The first-order valence-electron chi connectivity index (χ1n) is 15.6. The van der Waals surface area contributed by atoms with Crippen molar-refractivity contribution in [3.63, 3.8) is 0 Å². The predicted octanol–water partition coefficient (Wildman–Crippen LogP) is 7.80. The summed E-state index contributed by atoms with van der Waals surface area (Å²) < 4.78 is 31.6. The first kappa shape index (κ1) is 34.4. The van der Waals surface area contributed by atoms with Crippen molar-refractivity contribution >= 4 is 31.8 Å². The molecule has 1 aromatic rings. The maximum Gasteiger partial charge on any atom is 0.192 e. The highest BCUT2D eigenvalue weighted by atomic mass is 32.2. The molecular formula is C33H54O6S2Si. The van der Waals surface area contributed by atoms with Gasteiger partial charge in [-0.05, 0) is 72.5 Å². The Morgan fingerprint density at radius 1 is 1.12 bits per heavy atom. The van der Waals surface area contributed by atoms with Gasteiger partial charge in [-0.25, -0.2) is 0 Å². The minimum Gasteiger partial charge on any atom is -0.497 e. The first-order valence-corrected chi connectivity index (χ1v) is 20.5. The Morgan fingerprint density at radius 3 is 2.43 bits per heavy atom. The van der Waals surface area contributed by atoms with E-state index in [9.17, 15) is 5.11 Å². The largest absolute Gasteiger partial charge is 0.497 e. The third kappa shape index (κ3) is 9.02. The van der Waals surface area contributed by atoms with Crippen molar-refractivity contribution in [2.75, 3.05) is 31.8 Å². The maximum absolute atomic E-state index is 11.1. The zero-order valence-electron chi connectivity index (χ0n) is 26.9. The summed E-state index contributed by atoms with van der Waals surface area (Å²) in [5.41, 5.74) is 2.25. The van der Waals surface area contributed by atoms with Crippen LogP contribution in [0.25, 0.3) is 0 Å². The average molecular weight is 639 g/mol. The molecule has 0 unspecified atom stereocenters. The lowest BCUT2D eigenvalue weighted by Gasteiger charge is -2.54. The van der Waals surface area contributed by atoms with Gasteiger partial charge in [0.15, 0.2) is 14.1 Å². The summed E-state index contributed by atoms with van der Waals surface area (Å²) in [6.45, 7) is 19.8. The van der Waals surface area contributed by atoms with Crippen LogP contribution >= 0.6 is 23.5 Å². The van der Waals surface area contributed by atoms with E-state index < -0.39 is 20.2 Å². The molecule has 1 N–H and O–H groups in total. The summed E-state index contributed by atoms with van der Waals surface area (Å²) in [6.07, 6.45) is 4.11. The van der Waals surface area contributed by atoms with Gasteiger partial charge in [0.05, 0.1) is 42.7 Å².